The quantitative estimate of drug-likeness (QED) is 0.358. The van der Waals surface area contributed by atoms with Crippen LogP contribution in [-0.4, -0.2) is 37.7 Å². The van der Waals surface area contributed by atoms with Crippen molar-refractivity contribution in [1.82, 2.24) is 4.90 Å². The van der Waals surface area contributed by atoms with Crippen LogP contribution in [0.2, 0.25) is 0 Å². The number of hydrogen-bond acceptors (Lipinski definition) is 6. The number of carboxylic acids is 1. The van der Waals surface area contributed by atoms with Gasteiger partial charge in [0.05, 0.1) is 16.2 Å². The van der Waals surface area contributed by atoms with Crippen molar-refractivity contribution in [3.63, 3.8) is 0 Å². The monoisotopic (exact) mass is 364 g/mol. The Morgan fingerprint density at radius 2 is 2.04 bits per heavy atom. The van der Waals surface area contributed by atoms with E-state index < -0.39 is 10.9 Å². The molecule has 1 heterocycles. The Hall–Kier alpha value is -2.52. The predicted octanol–water partition coefficient (Wildman–Crippen LogP) is 2.83. The number of allylic oxidation sites excluding steroid dienone is 2. The lowest BCUT2D eigenvalue weighted by Gasteiger charge is -2.12. The zero-order chi connectivity index (χ0) is 17.7. The average Bonchev–Trinajstić information content (AvgIpc) is 2.80. The predicted molar refractivity (Wildman–Crippen MR) is 94.4 cm³/mol. The lowest BCUT2D eigenvalue weighted by atomic mass is 10.2. The molecule has 0 aromatic heterocycles. The molecule has 9 heteroatoms. The number of nitro benzene ring substituents is 1. The lowest BCUT2D eigenvalue weighted by molar-refractivity contribution is -0.384. The van der Waals surface area contributed by atoms with Crippen LogP contribution in [-0.2, 0) is 9.59 Å². The first-order valence-electron chi connectivity index (χ1n) is 6.77. The number of hydrogen-bond donors (Lipinski definition) is 1. The Morgan fingerprint density at radius 3 is 2.62 bits per heavy atom. The number of amides is 1. The van der Waals surface area contributed by atoms with Gasteiger partial charge in [-0.2, -0.15) is 0 Å². The van der Waals surface area contributed by atoms with Crippen LogP contribution in [0.4, 0.5) is 5.69 Å². The number of carbonyl (C=O) groups is 2. The van der Waals surface area contributed by atoms with E-state index in [1.54, 1.807) is 30.4 Å². The fourth-order valence-corrected chi connectivity index (χ4v) is 3.13. The number of thiocarbonyl (C=S) groups is 1. The van der Waals surface area contributed by atoms with Crippen LogP contribution in [0.5, 0.6) is 0 Å². The minimum Gasteiger partial charge on any atom is -0.481 e. The maximum Gasteiger partial charge on any atom is 0.305 e. The van der Waals surface area contributed by atoms with E-state index in [2.05, 4.69) is 0 Å². The highest BCUT2D eigenvalue weighted by atomic mass is 32.2. The van der Waals surface area contributed by atoms with Gasteiger partial charge in [0.25, 0.3) is 11.6 Å². The maximum atomic E-state index is 12.1. The molecule has 1 aliphatic rings. The molecule has 1 aromatic rings. The fourth-order valence-electron chi connectivity index (χ4n) is 1.87. The van der Waals surface area contributed by atoms with E-state index in [0.717, 1.165) is 17.3 Å². The van der Waals surface area contributed by atoms with Crippen molar-refractivity contribution in [1.29, 1.82) is 0 Å². The van der Waals surface area contributed by atoms with Crippen LogP contribution in [0.15, 0.2) is 41.3 Å². The molecule has 0 saturated carbocycles. The number of nitro groups is 1. The lowest BCUT2D eigenvalue weighted by Crippen LogP contribution is -2.30. The number of benzene rings is 1. The molecule has 7 nitrogen and oxygen atoms in total. The minimum atomic E-state index is -0.994. The largest absolute Gasteiger partial charge is 0.481 e. The van der Waals surface area contributed by atoms with E-state index in [4.69, 9.17) is 17.3 Å². The van der Waals surface area contributed by atoms with E-state index >= 15 is 0 Å². The molecule has 1 N–H and O–H groups in total. The smallest absolute Gasteiger partial charge is 0.305 e. The number of carboxylic acid groups (broad SMARTS) is 1. The van der Waals surface area contributed by atoms with Crippen LogP contribution >= 0.6 is 24.0 Å². The number of aliphatic carboxylic acids is 1. The SMILES string of the molecule is O=C(O)CCN1C(=O)C(=CC=Cc2ccc([N+](=O)[O-])cc2)SC1=S. The Bertz CT molecular complexity index is 756. The van der Waals surface area contributed by atoms with Gasteiger partial charge >= 0.3 is 5.97 Å². The second-order valence-electron chi connectivity index (χ2n) is 4.71. The summed E-state index contributed by atoms with van der Waals surface area (Å²) in [6.07, 6.45) is 4.76. The normalized spacial score (nSPS) is 16.3. The fraction of sp³-hybridized carbons (Fsp3) is 0.133. The van der Waals surface area contributed by atoms with Crippen molar-refractivity contribution in [2.24, 2.45) is 0 Å². The molecule has 1 saturated heterocycles. The van der Waals surface area contributed by atoms with Crippen LogP contribution in [0.1, 0.15) is 12.0 Å². The van der Waals surface area contributed by atoms with Gasteiger partial charge in [-0.15, -0.1) is 0 Å². The van der Waals surface area contributed by atoms with Crippen LogP contribution in [0, 0.1) is 10.1 Å². The molecule has 0 spiro atoms. The van der Waals surface area contributed by atoms with Crippen LogP contribution < -0.4 is 0 Å². The van der Waals surface area contributed by atoms with Gasteiger partial charge in [-0.1, -0.05) is 36.1 Å². The molecule has 0 aliphatic carbocycles. The van der Waals surface area contributed by atoms with E-state index in [1.807, 2.05) is 0 Å². The summed E-state index contributed by atoms with van der Waals surface area (Å²) < 4.78 is 0.330. The standard InChI is InChI=1S/C15H12N2O5S2/c18-13(19)8-9-16-14(20)12(24-15(16)23)3-1-2-10-4-6-11(7-5-10)17(21)22/h1-7H,8-9H2,(H,18,19). The maximum absolute atomic E-state index is 12.1. The van der Waals surface area contributed by atoms with Crippen molar-refractivity contribution < 1.29 is 19.6 Å². The summed E-state index contributed by atoms with van der Waals surface area (Å²) in [4.78, 5) is 34.5. The summed E-state index contributed by atoms with van der Waals surface area (Å²) in [6, 6.07) is 5.98. The van der Waals surface area contributed by atoms with E-state index in [-0.39, 0.29) is 24.6 Å². The Balaban J connectivity index is 2.03. The molecule has 1 aliphatic heterocycles. The molecular weight excluding hydrogens is 352 g/mol. The Labute approximate surface area is 146 Å². The topological polar surface area (TPSA) is 101 Å². The summed E-state index contributed by atoms with van der Waals surface area (Å²) >= 11 is 6.19. The number of thioether (sulfide) groups is 1. The molecule has 0 unspecified atom stereocenters. The Kier molecular flexibility index (Phi) is 5.83. The Morgan fingerprint density at radius 1 is 1.38 bits per heavy atom. The van der Waals surface area contributed by atoms with Crippen LogP contribution in [0.25, 0.3) is 6.08 Å². The first-order chi connectivity index (χ1) is 11.4. The highest BCUT2D eigenvalue weighted by molar-refractivity contribution is 8.26. The van der Waals surface area contributed by atoms with Gasteiger partial charge in [0.1, 0.15) is 4.32 Å². The minimum absolute atomic E-state index is 0.00597. The zero-order valence-electron chi connectivity index (χ0n) is 12.2. The molecule has 124 valence electrons. The van der Waals surface area contributed by atoms with Gasteiger partial charge < -0.3 is 5.11 Å². The van der Waals surface area contributed by atoms with Gasteiger partial charge in [0.15, 0.2) is 0 Å². The highest BCUT2D eigenvalue weighted by Gasteiger charge is 2.31. The second kappa shape index (κ2) is 7.84. The molecule has 24 heavy (non-hydrogen) atoms. The van der Waals surface area contributed by atoms with Crippen molar-refractivity contribution in [2.75, 3.05) is 6.54 Å². The zero-order valence-corrected chi connectivity index (χ0v) is 13.9. The van der Waals surface area contributed by atoms with Gasteiger partial charge in [-0.05, 0) is 23.8 Å². The van der Waals surface area contributed by atoms with Gasteiger partial charge in [-0.3, -0.25) is 24.6 Å². The molecular formula is C15H12N2O5S2. The van der Waals surface area contributed by atoms with Crippen LogP contribution in [0.3, 0.4) is 0 Å². The average molecular weight is 364 g/mol. The van der Waals surface area contributed by atoms with E-state index in [0.29, 0.717) is 9.23 Å². The third-order valence-corrected chi connectivity index (χ3v) is 4.46. The molecule has 1 aromatic carbocycles. The molecule has 0 radical (unpaired) electrons. The van der Waals surface area contributed by atoms with Gasteiger partial charge in [-0.25, -0.2) is 0 Å². The summed E-state index contributed by atoms with van der Waals surface area (Å²) in [5, 5.41) is 19.3. The summed E-state index contributed by atoms with van der Waals surface area (Å²) in [7, 11) is 0. The number of carbonyl (C=O) groups excluding carboxylic acids is 1. The molecule has 2 rings (SSSR count). The van der Waals surface area contributed by atoms with Crippen molar-refractivity contribution in [3.05, 3.63) is 57.0 Å². The summed E-state index contributed by atoms with van der Waals surface area (Å²) in [6.45, 7) is 0.0450. The summed E-state index contributed by atoms with van der Waals surface area (Å²) in [5.74, 6) is -1.31. The van der Waals surface area contributed by atoms with Crippen molar-refractivity contribution in [3.8, 4) is 0 Å². The second-order valence-corrected chi connectivity index (χ2v) is 6.38. The van der Waals surface area contributed by atoms with Crippen molar-refractivity contribution >= 4 is 51.9 Å². The highest BCUT2D eigenvalue weighted by Crippen LogP contribution is 2.31. The molecule has 0 atom stereocenters. The van der Waals surface area contributed by atoms with E-state index in [1.165, 1.54) is 17.0 Å². The third kappa shape index (κ3) is 4.49. The molecule has 1 fully saturated rings. The number of nitrogens with zero attached hydrogens (tertiary/aromatic N) is 2. The third-order valence-electron chi connectivity index (χ3n) is 3.06. The number of rotatable bonds is 6. The first kappa shape index (κ1) is 17.8. The molecule has 1 amide bonds. The van der Waals surface area contributed by atoms with E-state index in [9.17, 15) is 19.7 Å². The van der Waals surface area contributed by atoms with Gasteiger partial charge in [0, 0.05) is 18.7 Å². The molecule has 0 bridgehead atoms. The number of non-ortho nitro benzene ring substituents is 1. The first-order valence-corrected chi connectivity index (χ1v) is 7.99. The van der Waals surface area contributed by atoms with Gasteiger partial charge in [0.2, 0.25) is 0 Å². The summed E-state index contributed by atoms with van der Waals surface area (Å²) in [5.41, 5.74) is 0.754. The van der Waals surface area contributed by atoms with Crippen molar-refractivity contribution in [2.45, 2.75) is 6.42 Å².